The maximum Gasteiger partial charge on any atom is -0.0206 e. The highest BCUT2D eigenvalue weighted by molar-refractivity contribution is 4.99. The zero-order valence-electron chi connectivity index (χ0n) is 6.48. The van der Waals surface area contributed by atoms with Crippen molar-refractivity contribution in [1.29, 1.82) is 0 Å². The highest BCUT2D eigenvalue weighted by atomic mass is 14.3. The summed E-state index contributed by atoms with van der Waals surface area (Å²) in [6, 6.07) is 0. The zero-order chi connectivity index (χ0) is 6.85. The lowest BCUT2D eigenvalue weighted by Crippen LogP contribution is -1.93. The second-order valence-corrected chi connectivity index (χ2v) is 3.46. The molecule has 0 heteroatoms. The minimum Gasteiger partial charge on any atom is -0.0999 e. The van der Waals surface area contributed by atoms with E-state index in [1.165, 1.54) is 24.8 Å². The van der Waals surface area contributed by atoms with Crippen molar-refractivity contribution in [3.8, 4) is 0 Å². The molecule has 0 amide bonds. The van der Waals surface area contributed by atoms with Crippen molar-refractivity contribution in [2.24, 2.45) is 11.8 Å². The van der Waals surface area contributed by atoms with E-state index in [-0.39, 0.29) is 0 Å². The van der Waals surface area contributed by atoms with Gasteiger partial charge in [-0.1, -0.05) is 25.5 Å². The highest BCUT2D eigenvalue weighted by Crippen LogP contribution is 2.33. The molecular formula is C9H16. The predicted molar refractivity (Wildman–Crippen MR) is 41.3 cm³/mol. The van der Waals surface area contributed by atoms with Crippen molar-refractivity contribution in [3.05, 3.63) is 12.2 Å². The highest BCUT2D eigenvalue weighted by Gasteiger charge is 2.20. The fourth-order valence-electron chi connectivity index (χ4n) is 1.65. The van der Waals surface area contributed by atoms with E-state index < -0.39 is 0 Å². The smallest absolute Gasteiger partial charge is 0.0206 e. The molecule has 0 saturated heterocycles. The Morgan fingerprint density at radius 2 is 2.11 bits per heavy atom. The van der Waals surface area contributed by atoms with E-state index in [1.54, 1.807) is 0 Å². The van der Waals surface area contributed by atoms with E-state index in [0.717, 1.165) is 11.8 Å². The molecule has 0 spiro atoms. The van der Waals surface area contributed by atoms with Crippen molar-refractivity contribution >= 4 is 0 Å². The molecule has 1 saturated carbocycles. The molecule has 52 valence electrons. The van der Waals surface area contributed by atoms with Crippen LogP contribution in [0.3, 0.4) is 0 Å². The molecule has 0 N–H and O–H groups in total. The van der Waals surface area contributed by atoms with Gasteiger partial charge in [0.05, 0.1) is 0 Å². The van der Waals surface area contributed by atoms with Crippen LogP contribution in [-0.4, -0.2) is 0 Å². The summed E-state index contributed by atoms with van der Waals surface area (Å²) in [4.78, 5) is 0. The van der Waals surface area contributed by atoms with Gasteiger partial charge in [0.2, 0.25) is 0 Å². The molecule has 0 heterocycles. The Kier molecular flexibility index (Phi) is 1.94. The third-order valence-electron chi connectivity index (χ3n) is 2.39. The Balaban J connectivity index is 2.39. The minimum atomic E-state index is 0.847. The van der Waals surface area contributed by atoms with Gasteiger partial charge < -0.3 is 0 Å². The molecule has 0 aromatic heterocycles. The summed E-state index contributed by atoms with van der Waals surface area (Å²) < 4.78 is 0. The Hall–Kier alpha value is -0.260. The van der Waals surface area contributed by atoms with Gasteiger partial charge in [-0.05, 0) is 31.6 Å². The first-order valence-electron chi connectivity index (χ1n) is 3.85. The lowest BCUT2D eigenvalue weighted by Gasteiger charge is -2.06. The Morgan fingerprint density at radius 3 is 2.33 bits per heavy atom. The van der Waals surface area contributed by atoms with Crippen LogP contribution in [0.25, 0.3) is 0 Å². The van der Waals surface area contributed by atoms with Crippen molar-refractivity contribution in [1.82, 2.24) is 0 Å². The first kappa shape index (κ1) is 6.85. The molecule has 0 bridgehead atoms. The topological polar surface area (TPSA) is 0 Å². The second-order valence-electron chi connectivity index (χ2n) is 3.46. The van der Waals surface area contributed by atoms with Gasteiger partial charge in [0.1, 0.15) is 0 Å². The largest absolute Gasteiger partial charge is 0.0999 e. The molecule has 1 unspecified atom stereocenters. The fourth-order valence-corrected chi connectivity index (χ4v) is 1.65. The third-order valence-corrected chi connectivity index (χ3v) is 2.39. The Bertz CT molecular complexity index is 113. The van der Waals surface area contributed by atoms with Crippen molar-refractivity contribution < 1.29 is 0 Å². The van der Waals surface area contributed by atoms with Gasteiger partial charge in [-0.15, -0.1) is 0 Å². The maximum atomic E-state index is 3.97. The Labute approximate surface area is 58.0 Å². The van der Waals surface area contributed by atoms with Gasteiger partial charge in [-0.25, -0.2) is 0 Å². The van der Waals surface area contributed by atoms with Crippen LogP contribution in [-0.2, 0) is 0 Å². The first-order valence-corrected chi connectivity index (χ1v) is 3.85. The zero-order valence-corrected chi connectivity index (χ0v) is 6.48. The van der Waals surface area contributed by atoms with E-state index in [0.29, 0.717) is 0 Å². The monoisotopic (exact) mass is 124 g/mol. The fraction of sp³-hybridized carbons (Fsp3) is 0.778. The van der Waals surface area contributed by atoms with E-state index in [1.807, 2.05) is 0 Å². The SMILES string of the molecule is C=C(C)[C@@H]1CCC(C)C1. The molecular weight excluding hydrogens is 108 g/mol. The molecule has 0 aromatic rings. The van der Waals surface area contributed by atoms with E-state index in [9.17, 15) is 0 Å². The molecule has 1 aliphatic carbocycles. The van der Waals surface area contributed by atoms with Crippen molar-refractivity contribution in [2.75, 3.05) is 0 Å². The molecule has 0 radical (unpaired) electrons. The summed E-state index contributed by atoms with van der Waals surface area (Å²) in [5.74, 6) is 1.80. The average Bonchev–Trinajstić information content (AvgIpc) is 2.14. The van der Waals surface area contributed by atoms with Crippen molar-refractivity contribution in [3.63, 3.8) is 0 Å². The summed E-state index contributed by atoms with van der Waals surface area (Å²) in [5.41, 5.74) is 1.39. The van der Waals surface area contributed by atoms with Crippen LogP contribution < -0.4 is 0 Å². The molecule has 1 fully saturated rings. The number of hydrogen-bond donors (Lipinski definition) is 0. The molecule has 9 heavy (non-hydrogen) atoms. The summed E-state index contributed by atoms with van der Waals surface area (Å²) in [7, 11) is 0. The predicted octanol–water partition coefficient (Wildman–Crippen LogP) is 3.00. The van der Waals surface area contributed by atoms with E-state index in [2.05, 4.69) is 20.4 Å². The summed E-state index contributed by atoms with van der Waals surface area (Å²) in [5, 5.41) is 0. The Morgan fingerprint density at radius 1 is 1.44 bits per heavy atom. The molecule has 2 atom stereocenters. The van der Waals surface area contributed by atoms with Crippen LogP contribution in [0.5, 0.6) is 0 Å². The minimum absolute atomic E-state index is 0.847. The number of rotatable bonds is 1. The van der Waals surface area contributed by atoms with Crippen LogP contribution in [0.1, 0.15) is 33.1 Å². The number of allylic oxidation sites excluding steroid dienone is 1. The molecule has 0 aliphatic heterocycles. The third kappa shape index (κ3) is 1.57. The van der Waals surface area contributed by atoms with Crippen molar-refractivity contribution in [2.45, 2.75) is 33.1 Å². The first-order chi connectivity index (χ1) is 4.20. The quantitative estimate of drug-likeness (QED) is 0.471. The van der Waals surface area contributed by atoms with Crippen LogP contribution in [0.4, 0.5) is 0 Å². The average molecular weight is 124 g/mol. The second kappa shape index (κ2) is 2.55. The van der Waals surface area contributed by atoms with Gasteiger partial charge in [-0.3, -0.25) is 0 Å². The van der Waals surface area contributed by atoms with Gasteiger partial charge in [0.25, 0.3) is 0 Å². The maximum absolute atomic E-state index is 3.97. The summed E-state index contributed by atoms with van der Waals surface area (Å²) >= 11 is 0. The molecule has 0 nitrogen and oxygen atoms in total. The van der Waals surface area contributed by atoms with Gasteiger partial charge >= 0.3 is 0 Å². The van der Waals surface area contributed by atoms with Crippen LogP contribution in [0.2, 0.25) is 0 Å². The van der Waals surface area contributed by atoms with Gasteiger partial charge in [0.15, 0.2) is 0 Å². The van der Waals surface area contributed by atoms with Gasteiger partial charge in [0, 0.05) is 0 Å². The van der Waals surface area contributed by atoms with Crippen LogP contribution in [0.15, 0.2) is 12.2 Å². The van der Waals surface area contributed by atoms with Crippen LogP contribution >= 0.6 is 0 Å². The molecule has 1 rings (SSSR count). The molecule has 1 aliphatic rings. The lowest BCUT2D eigenvalue weighted by atomic mass is 10.00. The van der Waals surface area contributed by atoms with E-state index in [4.69, 9.17) is 0 Å². The summed E-state index contributed by atoms with van der Waals surface area (Å²) in [6.07, 6.45) is 4.18. The normalized spacial score (nSPS) is 34.9. The molecule has 0 aromatic carbocycles. The standard InChI is InChI=1S/C9H16/c1-7(2)9-5-4-8(3)6-9/h8-9H,1,4-6H2,2-3H3/t8?,9-/m1/s1. The van der Waals surface area contributed by atoms with E-state index >= 15 is 0 Å². The summed E-state index contributed by atoms with van der Waals surface area (Å²) in [6.45, 7) is 8.46. The number of hydrogen-bond acceptors (Lipinski definition) is 0. The van der Waals surface area contributed by atoms with Gasteiger partial charge in [-0.2, -0.15) is 0 Å². The van der Waals surface area contributed by atoms with Crippen LogP contribution in [0, 0.1) is 11.8 Å². The lowest BCUT2D eigenvalue weighted by molar-refractivity contribution is 0.572.